The van der Waals surface area contributed by atoms with E-state index in [0.717, 1.165) is 27.7 Å². The standard InChI is InChI=1S/C20H19N5O2S/c1-12-16(14-6-4-5-7-17(14)22-12)11-21-25-19(23-24-20(25)28)15-9-8-13(26-2)10-18(15)27-3/h4-11,22H,1-3H3,(H,24,28)/b21-11+. The maximum absolute atomic E-state index is 5.50. The van der Waals surface area contributed by atoms with Crippen molar-refractivity contribution in [1.29, 1.82) is 0 Å². The Morgan fingerprint density at radius 2 is 1.96 bits per heavy atom. The topological polar surface area (TPSA) is 80.2 Å². The number of nitrogens with one attached hydrogen (secondary N) is 2. The number of aromatic nitrogens is 4. The van der Waals surface area contributed by atoms with E-state index in [1.807, 2.05) is 37.3 Å². The minimum Gasteiger partial charge on any atom is -0.497 e. The van der Waals surface area contributed by atoms with Gasteiger partial charge in [0.25, 0.3) is 0 Å². The van der Waals surface area contributed by atoms with Crippen molar-refractivity contribution in [1.82, 2.24) is 19.9 Å². The van der Waals surface area contributed by atoms with Gasteiger partial charge >= 0.3 is 0 Å². The molecule has 2 N–H and O–H groups in total. The summed E-state index contributed by atoms with van der Waals surface area (Å²) in [6, 6.07) is 13.6. The largest absolute Gasteiger partial charge is 0.497 e. The zero-order valence-corrected chi connectivity index (χ0v) is 16.5. The van der Waals surface area contributed by atoms with E-state index in [-0.39, 0.29) is 0 Å². The Hall–Kier alpha value is -3.39. The van der Waals surface area contributed by atoms with Gasteiger partial charge in [-0.05, 0) is 37.3 Å². The van der Waals surface area contributed by atoms with Crippen LogP contribution < -0.4 is 9.47 Å². The molecule has 0 bridgehead atoms. The number of ether oxygens (including phenoxy) is 2. The number of aryl methyl sites for hydroxylation is 1. The molecular formula is C20H19N5O2S. The van der Waals surface area contributed by atoms with Gasteiger partial charge in [0.2, 0.25) is 4.77 Å². The Labute approximate surface area is 166 Å². The number of hydrogen-bond acceptors (Lipinski definition) is 5. The van der Waals surface area contributed by atoms with E-state index in [0.29, 0.717) is 22.1 Å². The van der Waals surface area contributed by atoms with Crippen LogP contribution in [-0.2, 0) is 0 Å². The van der Waals surface area contributed by atoms with Crippen LogP contribution in [0.1, 0.15) is 11.3 Å². The zero-order chi connectivity index (χ0) is 19.7. The van der Waals surface area contributed by atoms with E-state index in [4.69, 9.17) is 21.7 Å². The molecule has 4 aromatic rings. The summed E-state index contributed by atoms with van der Waals surface area (Å²) in [5.41, 5.74) is 3.85. The van der Waals surface area contributed by atoms with Gasteiger partial charge in [0.15, 0.2) is 5.82 Å². The van der Waals surface area contributed by atoms with Crippen molar-refractivity contribution in [2.45, 2.75) is 6.92 Å². The zero-order valence-electron chi connectivity index (χ0n) is 15.7. The summed E-state index contributed by atoms with van der Waals surface area (Å²) in [6.45, 7) is 2.02. The number of hydrogen-bond donors (Lipinski definition) is 2. The monoisotopic (exact) mass is 393 g/mol. The van der Waals surface area contributed by atoms with Crippen LogP contribution >= 0.6 is 12.2 Å². The molecule has 0 amide bonds. The summed E-state index contributed by atoms with van der Waals surface area (Å²) < 4.78 is 12.7. The summed E-state index contributed by atoms with van der Waals surface area (Å²) in [7, 11) is 3.21. The minimum absolute atomic E-state index is 0.390. The molecule has 142 valence electrons. The van der Waals surface area contributed by atoms with E-state index < -0.39 is 0 Å². The molecule has 0 radical (unpaired) electrons. The first-order valence-electron chi connectivity index (χ1n) is 8.64. The van der Waals surface area contributed by atoms with Crippen LogP contribution in [0.4, 0.5) is 0 Å². The first kappa shape index (κ1) is 18.0. The lowest BCUT2D eigenvalue weighted by atomic mass is 10.1. The van der Waals surface area contributed by atoms with E-state index in [2.05, 4.69) is 26.3 Å². The third-order valence-corrected chi connectivity index (χ3v) is 4.81. The predicted octanol–water partition coefficient (Wildman–Crippen LogP) is 4.30. The lowest BCUT2D eigenvalue weighted by Crippen LogP contribution is -1.98. The summed E-state index contributed by atoms with van der Waals surface area (Å²) >= 11 is 5.38. The van der Waals surface area contributed by atoms with Gasteiger partial charge < -0.3 is 14.5 Å². The average molecular weight is 393 g/mol. The fourth-order valence-electron chi connectivity index (χ4n) is 3.14. The normalized spacial score (nSPS) is 11.4. The van der Waals surface area contributed by atoms with Crippen molar-refractivity contribution < 1.29 is 9.47 Å². The smallest absolute Gasteiger partial charge is 0.216 e. The number of rotatable bonds is 5. The molecule has 0 unspecified atom stereocenters. The van der Waals surface area contributed by atoms with Crippen LogP contribution in [-0.4, -0.2) is 40.3 Å². The molecule has 2 aromatic heterocycles. The Morgan fingerprint density at radius 1 is 1.14 bits per heavy atom. The number of aromatic amines is 2. The molecule has 0 aliphatic heterocycles. The lowest BCUT2D eigenvalue weighted by molar-refractivity contribution is 0.395. The maximum atomic E-state index is 5.50. The molecule has 0 atom stereocenters. The number of fused-ring (bicyclic) bond motifs is 1. The molecule has 0 fully saturated rings. The van der Waals surface area contributed by atoms with Crippen LogP contribution in [0.2, 0.25) is 0 Å². The van der Waals surface area contributed by atoms with Crippen LogP contribution in [0.5, 0.6) is 11.5 Å². The molecule has 0 saturated heterocycles. The molecule has 8 heteroatoms. The second-order valence-corrected chi connectivity index (χ2v) is 6.57. The third-order valence-electron chi connectivity index (χ3n) is 4.55. The number of methoxy groups -OCH3 is 2. The van der Waals surface area contributed by atoms with Gasteiger partial charge in [-0.25, -0.2) is 5.10 Å². The average Bonchev–Trinajstić information content (AvgIpc) is 3.24. The van der Waals surface area contributed by atoms with Crippen LogP contribution in [0, 0.1) is 11.7 Å². The fraction of sp³-hybridized carbons (Fsp3) is 0.150. The number of para-hydroxylation sites is 1. The second kappa shape index (κ2) is 7.32. The van der Waals surface area contributed by atoms with Crippen LogP contribution in [0.25, 0.3) is 22.3 Å². The molecule has 0 spiro atoms. The fourth-order valence-corrected chi connectivity index (χ4v) is 3.32. The van der Waals surface area contributed by atoms with E-state index in [1.54, 1.807) is 31.2 Å². The molecule has 28 heavy (non-hydrogen) atoms. The molecule has 4 rings (SSSR count). The molecule has 2 heterocycles. The minimum atomic E-state index is 0.390. The van der Waals surface area contributed by atoms with Crippen molar-refractivity contribution in [2.75, 3.05) is 14.2 Å². The molecule has 2 aromatic carbocycles. The quantitative estimate of drug-likeness (QED) is 0.391. The highest BCUT2D eigenvalue weighted by Crippen LogP contribution is 2.32. The summed E-state index contributed by atoms with van der Waals surface area (Å²) in [6.07, 6.45) is 1.79. The first-order chi connectivity index (χ1) is 13.6. The third kappa shape index (κ3) is 3.07. The Bertz CT molecular complexity index is 1240. The van der Waals surface area contributed by atoms with Gasteiger partial charge in [0.05, 0.1) is 26.0 Å². The Kier molecular flexibility index (Phi) is 4.70. The van der Waals surface area contributed by atoms with Crippen molar-refractivity contribution in [3.63, 3.8) is 0 Å². The Balaban J connectivity index is 1.81. The summed E-state index contributed by atoms with van der Waals surface area (Å²) in [4.78, 5) is 3.37. The van der Waals surface area contributed by atoms with Crippen LogP contribution in [0.3, 0.4) is 0 Å². The van der Waals surface area contributed by atoms with Gasteiger partial charge in [0.1, 0.15) is 11.5 Å². The first-order valence-corrected chi connectivity index (χ1v) is 9.04. The van der Waals surface area contributed by atoms with Gasteiger partial charge in [-0.15, -0.1) is 0 Å². The number of H-pyrrole nitrogens is 2. The molecule has 7 nitrogen and oxygen atoms in total. The number of nitrogens with zero attached hydrogens (tertiary/aromatic N) is 3. The van der Waals surface area contributed by atoms with Gasteiger partial charge in [-0.1, -0.05) is 18.2 Å². The Morgan fingerprint density at radius 3 is 2.75 bits per heavy atom. The highest BCUT2D eigenvalue weighted by Gasteiger charge is 2.15. The number of benzene rings is 2. The summed E-state index contributed by atoms with van der Waals surface area (Å²) in [5.74, 6) is 1.87. The highest BCUT2D eigenvalue weighted by molar-refractivity contribution is 7.71. The van der Waals surface area contributed by atoms with Crippen LogP contribution in [0.15, 0.2) is 47.6 Å². The summed E-state index contributed by atoms with van der Waals surface area (Å²) in [5, 5.41) is 12.8. The van der Waals surface area contributed by atoms with Gasteiger partial charge in [-0.3, -0.25) is 0 Å². The molecule has 0 aliphatic carbocycles. The van der Waals surface area contributed by atoms with Gasteiger partial charge in [0, 0.05) is 28.2 Å². The van der Waals surface area contributed by atoms with Crippen molar-refractivity contribution in [2.24, 2.45) is 5.10 Å². The van der Waals surface area contributed by atoms with Crippen molar-refractivity contribution >= 4 is 29.3 Å². The maximum Gasteiger partial charge on any atom is 0.216 e. The van der Waals surface area contributed by atoms with Gasteiger partial charge in [-0.2, -0.15) is 14.9 Å². The molecular weight excluding hydrogens is 374 g/mol. The predicted molar refractivity (Wildman–Crippen MR) is 112 cm³/mol. The molecule has 0 saturated carbocycles. The highest BCUT2D eigenvalue weighted by atomic mass is 32.1. The molecule has 0 aliphatic rings. The van der Waals surface area contributed by atoms with Crippen molar-refractivity contribution in [3.8, 4) is 22.9 Å². The second-order valence-electron chi connectivity index (χ2n) is 6.18. The van der Waals surface area contributed by atoms with E-state index in [9.17, 15) is 0 Å². The van der Waals surface area contributed by atoms with Crippen molar-refractivity contribution in [3.05, 3.63) is 58.5 Å². The lowest BCUT2D eigenvalue weighted by Gasteiger charge is -2.09. The van der Waals surface area contributed by atoms with E-state index >= 15 is 0 Å². The SMILES string of the molecule is COc1ccc(-c2n[nH]c(=S)n2/N=C/c2c(C)[nH]c3ccccc23)c(OC)c1. The van der Waals surface area contributed by atoms with E-state index in [1.165, 1.54) is 0 Å².